The molecule has 4 rings (SSSR count). The molecular formula is C20H22F3N5O. The highest BCUT2D eigenvalue weighted by Gasteiger charge is 2.53. The summed E-state index contributed by atoms with van der Waals surface area (Å²) < 4.78 is 42.7. The van der Waals surface area contributed by atoms with Crippen LogP contribution in [0.4, 0.5) is 30.5 Å². The number of rotatable bonds is 4. The number of hydrogen-bond donors (Lipinski definition) is 1. The average Bonchev–Trinajstić information content (AvgIpc) is 3.30. The van der Waals surface area contributed by atoms with Gasteiger partial charge in [0.25, 0.3) is 0 Å². The summed E-state index contributed by atoms with van der Waals surface area (Å²) in [6.45, 7) is 5.15. The van der Waals surface area contributed by atoms with Gasteiger partial charge in [0.05, 0.1) is 11.4 Å². The molecule has 1 spiro atoms. The smallest absolute Gasteiger partial charge is 0.303 e. The van der Waals surface area contributed by atoms with Gasteiger partial charge in [-0.2, -0.15) is 8.78 Å². The predicted molar refractivity (Wildman–Crippen MR) is 102 cm³/mol. The van der Waals surface area contributed by atoms with E-state index in [4.69, 9.17) is 0 Å². The first-order valence-electron chi connectivity index (χ1n) is 9.41. The fourth-order valence-corrected chi connectivity index (χ4v) is 3.65. The van der Waals surface area contributed by atoms with Gasteiger partial charge in [0, 0.05) is 49.7 Å². The molecule has 0 saturated heterocycles. The minimum absolute atomic E-state index is 0.103. The first-order valence-corrected chi connectivity index (χ1v) is 9.41. The van der Waals surface area contributed by atoms with E-state index in [0.717, 1.165) is 24.1 Å². The Kier molecular flexibility index (Phi) is 4.15. The number of halogens is 3. The Balaban J connectivity index is 1.85. The third kappa shape index (κ3) is 3.54. The van der Waals surface area contributed by atoms with Gasteiger partial charge in [-0.1, -0.05) is 0 Å². The summed E-state index contributed by atoms with van der Waals surface area (Å²) in [5.74, 6) is -3.72. The number of nitrogens with zero attached hydrogens (tertiary/aromatic N) is 4. The maximum absolute atomic E-state index is 14.6. The molecule has 1 aliphatic carbocycles. The molecule has 9 heteroatoms. The van der Waals surface area contributed by atoms with Crippen molar-refractivity contribution in [3.05, 3.63) is 35.4 Å². The lowest BCUT2D eigenvalue weighted by atomic mass is 10.0. The molecule has 0 aromatic carbocycles. The fraction of sp³-hybridized carbons (Fsp3) is 0.500. The second-order valence-corrected chi connectivity index (χ2v) is 8.43. The first-order chi connectivity index (χ1) is 13.4. The lowest BCUT2D eigenvalue weighted by molar-refractivity contribution is -0.114. The number of anilines is 3. The van der Waals surface area contributed by atoms with Crippen molar-refractivity contribution < 1.29 is 18.0 Å². The standard InChI is InChI=1S/C20H22F3N5O/c1-11(29)25-15-7-13-12(9-24-15)20(5-6-20)10-28(13)16-8-14(18(2,3)21)26-17(27-16)19(4,22)23/h7-9H,5-6,10H2,1-4H3,(H,24,25,29). The SMILES string of the molecule is CC(=O)Nc1cc2c(cn1)C1(CC1)CN2c1cc(C(C)(C)F)nc(C(C)(F)F)n1. The Morgan fingerprint density at radius 3 is 2.41 bits per heavy atom. The van der Waals surface area contributed by atoms with Crippen LogP contribution in [0.15, 0.2) is 18.3 Å². The molecule has 1 saturated carbocycles. The van der Waals surface area contributed by atoms with Gasteiger partial charge in [-0.25, -0.2) is 19.3 Å². The molecule has 2 aliphatic rings. The Morgan fingerprint density at radius 1 is 1.17 bits per heavy atom. The minimum atomic E-state index is -3.31. The van der Waals surface area contributed by atoms with Crippen LogP contribution < -0.4 is 10.2 Å². The van der Waals surface area contributed by atoms with Crippen LogP contribution >= 0.6 is 0 Å². The highest BCUT2D eigenvalue weighted by atomic mass is 19.3. The van der Waals surface area contributed by atoms with Crippen molar-refractivity contribution in [1.29, 1.82) is 0 Å². The summed E-state index contributed by atoms with van der Waals surface area (Å²) in [5, 5.41) is 2.64. The van der Waals surface area contributed by atoms with E-state index in [0.29, 0.717) is 19.3 Å². The van der Waals surface area contributed by atoms with Gasteiger partial charge >= 0.3 is 5.92 Å². The van der Waals surface area contributed by atoms with E-state index >= 15 is 0 Å². The van der Waals surface area contributed by atoms with E-state index in [9.17, 15) is 18.0 Å². The maximum Gasteiger partial charge on any atom is 0.303 e. The molecule has 0 radical (unpaired) electrons. The number of amides is 1. The fourth-order valence-electron chi connectivity index (χ4n) is 3.65. The number of pyridine rings is 1. The van der Waals surface area contributed by atoms with Crippen LogP contribution in [0.25, 0.3) is 0 Å². The van der Waals surface area contributed by atoms with Crippen LogP contribution in [0.3, 0.4) is 0 Å². The van der Waals surface area contributed by atoms with Crippen molar-refractivity contribution in [3.63, 3.8) is 0 Å². The molecule has 1 amide bonds. The summed E-state index contributed by atoms with van der Waals surface area (Å²) in [7, 11) is 0. The molecule has 1 N–H and O–H groups in total. The van der Waals surface area contributed by atoms with Crippen LogP contribution in [0.2, 0.25) is 0 Å². The summed E-state index contributed by atoms with van der Waals surface area (Å²) in [6.07, 6.45) is 3.60. The third-order valence-corrected chi connectivity index (χ3v) is 5.35. The van der Waals surface area contributed by atoms with Crippen molar-refractivity contribution in [2.45, 2.75) is 57.5 Å². The topological polar surface area (TPSA) is 71.0 Å². The average molecular weight is 405 g/mol. The monoisotopic (exact) mass is 405 g/mol. The molecule has 3 heterocycles. The summed E-state index contributed by atoms with van der Waals surface area (Å²) in [6, 6.07) is 3.12. The Labute approximate surface area is 166 Å². The van der Waals surface area contributed by atoms with Crippen molar-refractivity contribution in [2.24, 2.45) is 0 Å². The Bertz CT molecular complexity index is 960. The molecular weight excluding hydrogens is 383 g/mol. The van der Waals surface area contributed by atoms with Crippen molar-refractivity contribution in [3.8, 4) is 0 Å². The molecule has 0 unspecified atom stereocenters. The predicted octanol–water partition coefficient (Wildman–Crippen LogP) is 4.33. The molecule has 154 valence electrons. The van der Waals surface area contributed by atoms with E-state index < -0.39 is 17.4 Å². The summed E-state index contributed by atoms with van der Waals surface area (Å²) >= 11 is 0. The number of carbonyl (C=O) groups is 1. The van der Waals surface area contributed by atoms with Crippen LogP contribution in [0, 0.1) is 0 Å². The Hall–Kier alpha value is -2.71. The maximum atomic E-state index is 14.6. The zero-order valence-corrected chi connectivity index (χ0v) is 16.7. The minimum Gasteiger partial charge on any atom is -0.325 e. The second kappa shape index (κ2) is 6.14. The van der Waals surface area contributed by atoms with E-state index in [2.05, 4.69) is 20.3 Å². The van der Waals surface area contributed by atoms with E-state index in [1.165, 1.54) is 26.8 Å². The number of aromatic nitrogens is 3. The van der Waals surface area contributed by atoms with Crippen LogP contribution in [0.1, 0.15) is 57.6 Å². The molecule has 1 fully saturated rings. The lowest BCUT2D eigenvalue weighted by Gasteiger charge is -2.24. The van der Waals surface area contributed by atoms with Crippen molar-refractivity contribution in [2.75, 3.05) is 16.8 Å². The van der Waals surface area contributed by atoms with Crippen LogP contribution in [-0.4, -0.2) is 27.4 Å². The number of nitrogens with one attached hydrogen (secondary N) is 1. The van der Waals surface area contributed by atoms with Gasteiger partial charge in [-0.15, -0.1) is 0 Å². The van der Waals surface area contributed by atoms with Crippen molar-refractivity contribution in [1.82, 2.24) is 15.0 Å². The number of hydrogen-bond acceptors (Lipinski definition) is 5. The van der Waals surface area contributed by atoms with E-state index in [1.807, 2.05) is 0 Å². The first kappa shape index (κ1) is 19.6. The Morgan fingerprint density at radius 2 is 1.86 bits per heavy atom. The van der Waals surface area contributed by atoms with E-state index in [-0.39, 0.29) is 22.8 Å². The number of fused-ring (bicyclic) bond motifs is 2. The van der Waals surface area contributed by atoms with E-state index in [1.54, 1.807) is 17.2 Å². The van der Waals surface area contributed by atoms with Gasteiger partial charge < -0.3 is 10.2 Å². The zero-order valence-electron chi connectivity index (χ0n) is 16.7. The zero-order chi connectivity index (χ0) is 21.2. The molecule has 0 bridgehead atoms. The normalized spacial score (nSPS) is 17.4. The van der Waals surface area contributed by atoms with Gasteiger partial charge in [0.2, 0.25) is 11.7 Å². The molecule has 0 atom stereocenters. The molecule has 2 aromatic heterocycles. The van der Waals surface area contributed by atoms with Gasteiger partial charge in [-0.3, -0.25) is 4.79 Å². The molecule has 1 aliphatic heterocycles. The molecule has 29 heavy (non-hydrogen) atoms. The molecule has 2 aromatic rings. The molecule has 6 nitrogen and oxygen atoms in total. The van der Waals surface area contributed by atoms with Crippen molar-refractivity contribution >= 4 is 23.2 Å². The highest BCUT2D eigenvalue weighted by Crippen LogP contribution is 2.58. The quantitative estimate of drug-likeness (QED) is 0.820. The van der Waals surface area contributed by atoms with Gasteiger partial charge in [-0.05, 0) is 26.7 Å². The van der Waals surface area contributed by atoms with Crippen LogP contribution in [-0.2, 0) is 21.8 Å². The van der Waals surface area contributed by atoms with Gasteiger partial charge in [0.1, 0.15) is 17.3 Å². The lowest BCUT2D eigenvalue weighted by Crippen LogP contribution is -2.25. The number of alkyl halides is 3. The summed E-state index contributed by atoms with van der Waals surface area (Å²) in [4.78, 5) is 25.3. The van der Waals surface area contributed by atoms with Gasteiger partial charge in [0.15, 0.2) is 0 Å². The highest BCUT2D eigenvalue weighted by molar-refractivity contribution is 5.89. The second-order valence-electron chi connectivity index (χ2n) is 8.43. The summed E-state index contributed by atoms with van der Waals surface area (Å²) in [5.41, 5.74) is -0.406. The largest absolute Gasteiger partial charge is 0.325 e. The third-order valence-electron chi connectivity index (χ3n) is 5.35. The number of carbonyl (C=O) groups excluding carboxylic acids is 1. The van der Waals surface area contributed by atoms with Crippen LogP contribution in [0.5, 0.6) is 0 Å².